The Kier molecular flexibility index (Phi) is 3.91. The molecule has 1 aromatic rings. The maximum Gasteiger partial charge on any atom is 0.261 e. The summed E-state index contributed by atoms with van der Waals surface area (Å²) in [5.74, 6) is 3.29. The van der Waals surface area contributed by atoms with Crippen molar-refractivity contribution in [3.05, 3.63) is 28.7 Å². The number of halogens is 1. The van der Waals surface area contributed by atoms with Gasteiger partial charge in [-0.25, -0.2) is 0 Å². The van der Waals surface area contributed by atoms with Crippen molar-refractivity contribution in [1.29, 1.82) is 0 Å². The molecule has 4 bridgehead atoms. The van der Waals surface area contributed by atoms with E-state index < -0.39 is 6.10 Å². The normalized spacial score (nSPS) is 35.8. The minimum Gasteiger partial charge on any atom is -0.481 e. The number of carbonyl (C=O) groups is 1. The standard InChI is InChI=1S/C19H24BrNO2/c1-12(23-17-4-2-16(20)3-5-17)18(22)21-19-9-13-6-14(10-19)8-15(7-13)11-19/h2-5,12-15H,6-11H2,1H3,(H,21,22). The predicted octanol–water partition coefficient (Wildman–Crippen LogP) is 4.30. The highest BCUT2D eigenvalue weighted by molar-refractivity contribution is 9.10. The molecule has 4 saturated carbocycles. The third-order valence-electron chi connectivity index (χ3n) is 5.92. The van der Waals surface area contributed by atoms with Crippen LogP contribution < -0.4 is 10.1 Å². The van der Waals surface area contributed by atoms with Crippen LogP contribution in [-0.2, 0) is 4.79 Å². The molecule has 3 nitrogen and oxygen atoms in total. The third-order valence-corrected chi connectivity index (χ3v) is 6.45. The van der Waals surface area contributed by atoms with Gasteiger partial charge in [0.1, 0.15) is 5.75 Å². The van der Waals surface area contributed by atoms with E-state index in [1.165, 1.54) is 38.5 Å². The maximum absolute atomic E-state index is 12.7. The van der Waals surface area contributed by atoms with Gasteiger partial charge in [0, 0.05) is 10.0 Å². The zero-order valence-electron chi connectivity index (χ0n) is 13.6. The summed E-state index contributed by atoms with van der Waals surface area (Å²) in [6.07, 6.45) is 7.24. The number of benzene rings is 1. The average molecular weight is 378 g/mol. The van der Waals surface area contributed by atoms with Crippen LogP contribution >= 0.6 is 15.9 Å². The zero-order chi connectivity index (χ0) is 16.0. The molecule has 4 aliphatic carbocycles. The quantitative estimate of drug-likeness (QED) is 0.848. The van der Waals surface area contributed by atoms with Crippen LogP contribution in [0.5, 0.6) is 5.75 Å². The summed E-state index contributed by atoms with van der Waals surface area (Å²) in [4.78, 5) is 12.7. The average Bonchev–Trinajstić information content (AvgIpc) is 2.47. The highest BCUT2D eigenvalue weighted by Gasteiger charge is 2.51. The molecule has 0 aromatic heterocycles. The fraction of sp³-hybridized carbons (Fsp3) is 0.632. The lowest BCUT2D eigenvalue weighted by Crippen LogP contribution is -2.61. The number of amides is 1. The Balaban J connectivity index is 1.40. The van der Waals surface area contributed by atoms with Gasteiger partial charge in [-0.2, -0.15) is 0 Å². The molecule has 1 N–H and O–H groups in total. The molecule has 23 heavy (non-hydrogen) atoms. The van der Waals surface area contributed by atoms with E-state index in [1.807, 2.05) is 31.2 Å². The van der Waals surface area contributed by atoms with E-state index in [4.69, 9.17) is 4.74 Å². The summed E-state index contributed by atoms with van der Waals surface area (Å²) >= 11 is 3.41. The van der Waals surface area contributed by atoms with Gasteiger partial charge in [0.05, 0.1) is 0 Å². The Hall–Kier alpha value is -1.03. The van der Waals surface area contributed by atoms with E-state index in [9.17, 15) is 4.79 Å². The number of hydrogen-bond donors (Lipinski definition) is 1. The van der Waals surface area contributed by atoms with Crippen LogP contribution in [0.15, 0.2) is 28.7 Å². The van der Waals surface area contributed by atoms with E-state index in [2.05, 4.69) is 21.2 Å². The predicted molar refractivity (Wildman–Crippen MR) is 93.3 cm³/mol. The molecule has 1 aromatic carbocycles. The summed E-state index contributed by atoms with van der Waals surface area (Å²) in [7, 11) is 0. The summed E-state index contributed by atoms with van der Waals surface area (Å²) < 4.78 is 6.82. The van der Waals surface area contributed by atoms with Crippen LogP contribution in [0.4, 0.5) is 0 Å². The zero-order valence-corrected chi connectivity index (χ0v) is 15.1. The smallest absolute Gasteiger partial charge is 0.261 e. The molecular formula is C19H24BrNO2. The van der Waals surface area contributed by atoms with Crippen molar-refractivity contribution in [3.63, 3.8) is 0 Å². The van der Waals surface area contributed by atoms with Gasteiger partial charge in [-0.1, -0.05) is 15.9 Å². The van der Waals surface area contributed by atoms with Crippen molar-refractivity contribution in [2.75, 3.05) is 0 Å². The third kappa shape index (κ3) is 3.15. The first-order valence-electron chi connectivity index (χ1n) is 8.76. The SMILES string of the molecule is CC(Oc1ccc(Br)cc1)C(=O)NC12CC3CC(CC(C3)C1)C2. The Labute approximate surface area is 146 Å². The van der Waals surface area contributed by atoms with Crippen molar-refractivity contribution in [3.8, 4) is 5.75 Å². The summed E-state index contributed by atoms with van der Waals surface area (Å²) in [6, 6.07) is 7.63. The molecule has 1 unspecified atom stereocenters. The minimum absolute atomic E-state index is 0.0369. The Morgan fingerprint density at radius 3 is 2.17 bits per heavy atom. The first-order valence-corrected chi connectivity index (χ1v) is 9.55. The maximum atomic E-state index is 12.7. The lowest BCUT2D eigenvalue weighted by atomic mass is 9.53. The van der Waals surface area contributed by atoms with Crippen LogP contribution in [0.25, 0.3) is 0 Å². The topological polar surface area (TPSA) is 38.3 Å². The number of carbonyl (C=O) groups excluding carboxylic acids is 1. The van der Waals surface area contributed by atoms with E-state index in [0.717, 1.165) is 28.0 Å². The summed E-state index contributed by atoms with van der Waals surface area (Å²) in [6.45, 7) is 1.85. The summed E-state index contributed by atoms with van der Waals surface area (Å²) in [5, 5.41) is 3.38. The van der Waals surface area contributed by atoms with Crippen molar-refractivity contribution < 1.29 is 9.53 Å². The lowest BCUT2D eigenvalue weighted by molar-refractivity contribution is -0.133. The molecular weight excluding hydrogens is 354 g/mol. The minimum atomic E-state index is -0.454. The molecule has 0 aliphatic heterocycles. The van der Waals surface area contributed by atoms with Gasteiger partial charge in [0.15, 0.2) is 6.10 Å². The van der Waals surface area contributed by atoms with Crippen molar-refractivity contribution in [1.82, 2.24) is 5.32 Å². The van der Waals surface area contributed by atoms with Gasteiger partial charge in [0.25, 0.3) is 5.91 Å². The second-order valence-electron chi connectivity index (χ2n) is 7.90. The van der Waals surface area contributed by atoms with Crippen LogP contribution in [0.3, 0.4) is 0 Å². The Bertz CT molecular complexity index is 563. The molecule has 0 heterocycles. The number of hydrogen-bond acceptors (Lipinski definition) is 2. The fourth-order valence-corrected chi connectivity index (χ4v) is 5.66. The highest BCUT2D eigenvalue weighted by atomic mass is 79.9. The Morgan fingerprint density at radius 1 is 1.13 bits per heavy atom. The number of rotatable bonds is 4. The molecule has 0 saturated heterocycles. The largest absolute Gasteiger partial charge is 0.481 e. The Morgan fingerprint density at radius 2 is 1.65 bits per heavy atom. The van der Waals surface area contributed by atoms with Gasteiger partial charge in [-0.3, -0.25) is 4.79 Å². The van der Waals surface area contributed by atoms with Crippen molar-refractivity contribution >= 4 is 21.8 Å². The van der Waals surface area contributed by atoms with Crippen molar-refractivity contribution in [2.45, 2.75) is 57.1 Å². The molecule has 1 atom stereocenters. The second kappa shape index (κ2) is 5.80. The van der Waals surface area contributed by atoms with Gasteiger partial charge in [0.2, 0.25) is 0 Å². The molecule has 5 rings (SSSR count). The molecule has 0 radical (unpaired) electrons. The first-order chi connectivity index (χ1) is 11.0. The first kappa shape index (κ1) is 15.5. The molecule has 4 heteroatoms. The van der Waals surface area contributed by atoms with Gasteiger partial charge < -0.3 is 10.1 Å². The van der Waals surface area contributed by atoms with Gasteiger partial charge >= 0.3 is 0 Å². The number of nitrogens with one attached hydrogen (secondary N) is 1. The second-order valence-corrected chi connectivity index (χ2v) is 8.82. The van der Waals surface area contributed by atoms with E-state index >= 15 is 0 Å². The fourth-order valence-electron chi connectivity index (χ4n) is 5.40. The van der Waals surface area contributed by atoms with Crippen LogP contribution in [0.1, 0.15) is 45.4 Å². The molecule has 0 spiro atoms. The lowest BCUT2D eigenvalue weighted by Gasteiger charge is -2.57. The van der Waals surface area contributed by atoms with Gasteiger partial charge in [-0.05, 0) is 87.5 Å². The number of ether oxygens (including phenoxy) is 1. The van der Waals surface area contributed by atoms with Crippen LogP contribution in [-0.4, -0.2) is 17.6 Å². The molecule has 4 fully saturated rings. The molecule has 1 amide bonds. The van der Waals surface area contributed by atoms with E-state index in [0.29, 0.717) is 0 Å². The monoisotopic (exact) mass is 377 g/mol. The van der Waals surface area contributed by atoms with E-state index in [-0.39, 0.29) is 11.4 Å². The highest BCUT2D eigenvalue weighted by Crippen LogP contribution is 2.55. The summed E-state index contributed by atoms with van der Waals surface area (Å²) in [5.41, 5.74) is 0.0587. The van der Waals surface area contributed by atoms with Crippen LogP contribution in [0.2, 0.25) is 0 Å². The molecule has 124 valence electrons. The van der Waals surface area contributed by atoms with E-state index in [1.54, 1.807) is 0 Å². The van der Waals surface area contributed by atoms with Gasteiger partial charge in [-0.15, -0.1) is 0 Å². The van der Waals surface area contributed by atoms with Crippen molar-refractivity contribution in [2.24, 2.45) is 17.8 Å². The van der Waals surface area contributed by atoms with Crippen LogP contribution in [0, 0.1) is 17.8 Å². The molecule has 4 aliphatic rings.